The maximum atomic E-state index is 12.6. The predicted octanol–water partition coefficient (Wildman–Crippen LogP) is 3.90. The molecule has 1 heterocycles. The van der Waals surface area contributed by atoms with E-state index in [-0.39, 0.29) is 11.6 Å². The van der Waals surface area contributed by atoms with E-state index in [1.54, 1.807) is 23.7 Å². The van der Waals surface area contributed by atoms with Gasteiger partial charge in [-0.05, 0) is 31.5 Å². The van der Waals surface area contributed by atoms with Crippen LogP contribution < -0.4 is 5.32 Å². The van der Waals surface area contributed by atoms with Crippen LogP contribution in [0.3, 0.4) is 0 Å². The number of nitrogens with zero attached hydrogens (tertiary/aromatic N) is 3. The second-order valence-corrected chi connectivity index (χ2v) is 5.80. The Kier molecular flexibility index (Phi) is 4.79. The highest BCUT2D eigenvalue weighted by molar-refractivity contribution is 6.05. The van der Waals surface area contributed by atoms with Gasteiger partial charge in [0.2, 0.25) is 0 Å². The van der Waals surface area contributed by atoms with Gasteiger partial charge in [0.1, 0.15) is 0 Å². The van der Waals surface area contributed by atoms with Gasteiger partial charge in [0.25, 0.3) is 11.6 Å². The van der Waals surface area contributed by atoms with Crippen LogP contribution in [0.2, 0.25) is 0 Å². The number of carbonyl (C=O) groups is 1. The number of rotatable bonds is 5. The average Bonchev–Trinajstić information content (AvgIpc) is 3.04. The summed E-state index contributed by atoms with van der Waals surface area (Å²) >= 11 is 0. The molecule has 0 spiro atoms. The second-order valence-electron chi connectivity index (χ2n) is 5.80. The Morgan fingerprint density at radius 1 is 1.23 bits per heavy atom. The van der Waals surface area contributed by atoms with Crippen molar-refractivity contribution in [1.82, 2.24) is 9.78 Å². The van der Waals surface area contributed by atoms with Crippen molar-refractivity contribution in [1.29, 1.82) is 0 Å². The number of aromatic nitrogens is 2. The topological polar surface area (TPSA) is 90.1 Å². The van der Waals surface area contributed by atoms with Gasteiger partial charge in [-0.25, -0.2) is 4.68 Å². The summed E-state index contributed by atoms with van der Waals surface area (Å²) in [5.74, 6) is -0.358. The summed E-state index contributed by atoms with van der Waals surface area (Å²) < 4.78 is 1.68. The number of nitrogens with one attached hydrogen (secondary N) is 1. The minimum Gasteiger partial charge on any atom is -0.322 e. The Labute approximate surface area is 150 Å². The van der Waals surface area contributed by atoms with Crippen LogP contribution in [0.15, 0.2) is 54.7 Å². The highest BCUT2D eigenvalue weighted by Crippen LogP contribution is 2.24. The van der Waals surface area contributed by atoms with E-state index in [4.69, 9.17) is 0 Å². The zero-order chi connectivity index (χ0) is 18.7. The molecule has 0 bridgehead atoms. The number of aryl methyl sites for hydroxylation is 1. The molecule has 0 radical (unpaired) electrons. The van der Waals surface area contributed by atoms with Gasteiger partial charge in [0.05, 0.1) is 28.1 Å². The van der Waals surface area contributed by atoms with Gasteiger partial charge in [-0.2, -0.15) is 5.10 Å². The van der Waals surface area contributed by atoms with Crippen LogP contribution in [-0.2, 0) is 6.42 Å². The number of hydrogen-bond acceptors (Lipinski definition) is 4. The molecule has 0 aliphatic rings. The lowest BCUT2D eigenvalue weighted by molar-refractivity contribution is -0.385. The van der Waals surface area contributed by atoms with E-state index in [0.29, 0.717) is 28.9 Å². The molecule has 1 aromatic heterocycles. The summed E-state index contributed by atoms with van der Waals surface area (Å²) in [6, 6.07) is 14.2. The van der Waals surface area contributed by atoms with Crippen LogP contribution in [0, 0.1) is 17.0 Å². The number of anilines is 1. The fraction of sp³-hybridized carbons (Fsp3) is 0.158. The molecule has 0 saturated carbocycles. The van der Waals surface area contributed by atoms with Crippen LogP contribution in [-0.4, -0.2) is 20.6 Å². The Morgan fingerprint density at radius 2 is 1.96 bits per heavy atom. The molecule has 1 N–H and O–H groups in total. The number of nitro groups is 1. The molecular formula is C19H18N4O3. The molecule has 0 unspecified atom stereocenters. The van der Waals surface area contributed by atoms with Gasteiger partial charge >= 0.3 is 0 Å². The van der Waals surface area contributed by atoms with E-state index in [0.717, 1.165) is 5.69 Å². The molecule has 132 valence electrons. The first kappa shape index (κ1) is 17.3. The van der Waals surface area contributed by atoms with E-state index >= 15 is 0 Å². The average molecular weight is 350 g/mol. The van der Waals surface area contributed by atoms with Gasteiger partial charge in [-0.1, -0.05) is 31.2 Å². The molecule has 2 aromatic carbocycles. The number of carbonyl (C=O) groups excluding carboxylic acids is 1. The number of hydrogen-bond donors (Lipinski definition) is 1. The lowest BCUT2D eigenvalue weighted by atomic mass is 10.1. The fourth-order valence-corrected chi connectivity index (χ4v) is 2.77. The van der Waals surface area contributed by atoms with Gasteiger partial charge in [0.15, 0.2) is 0 Å². The first-order valence-electron chi connectivity index (χ1n) is 8.20. The molecule has 0 atom stereocenters. The molecule has 3 aromatic rings. The lowest BCUT2D eigenvalue weighted by Gasteiger charge is -2.08. The molecule has 0 aliphatic heterocycles. The SMILES string of the molecule is CCc1ccc(NC(=O)c2cnn(-c3ccccc3)c2C)cc1[N+](=O)[O-]. The van der Waals surface area contributed by atoms with E-state index in [9.17, 15) is 14.9 Å². The zero-order valence-corrected chi connectivity index (χ0v) is 14.5. The van der Waals surface area contributed by atoms with Crippen molar-refractivity contribution in [3.8, 4) is 5.69 Å². The Balaban J connectivity index is 1.87. The summed E-state index contributed by atoms with van der Waals surface area (Å²) in [4.78, 5) is 23.3. The highest BCUT2D eigenvalue weighted by Gasteiger charge is 2.18. The number of benzene rings is 2. The Morgan fingerprint density at radius 3 is 2.62 bits per heavy atom. The van der Waals surface area contributed by atoms with Crippen molar-refractivity contribution in [3.63, 3.8) is 0 Å². The van der Waals surface area contributed by atoms with Crippen molar-refractivity contribution in [2.75, 3.05) is 5.32 Å². The van der Waals surface area contributed by atoms with Crippen molar-refractivity contribution in [3.05, 3.63) is 81.7 Å². The van der Waals surface area contributed by atoms with Crippen molar-refractivity contribution in [2.45, 2.75) is 20.3 Å². The predicted molar refractivity (Wildman–Crippen MR) is 98.7 cm³/mol. The summed E-state index contributed by atoms with van der Waals surface area (Å²) in [5, 5.41) is 18.2. The number of nitro benzene ring substituents is 1. The molecular weight excluding hydrogens is 332 g/mol. The lowest BCUT2D eigenvalue weighted by Crippen LogP contribution is -2.13. The summed E-state index contributed by atoms with van der Waals surface area (Å²) in [7, 11) is 0. The third kappa shape index (κ3) is 3.32. The Bertz CT molecular complexity index is 964. The largest absolute Gasteiger partial charge is 0.322 e. The Hall–Kier alpha value is -3.48. The summed E-state index contributed by atoms with van der Waals surface area (Å²) in [6.07, 6.45) is 2.04. The van der Waals surface area contributed by atoms with Gasteiger partial charge in [-0.3, -0.25) is 14.9 Å². The molecule has 0 saturated heterocycles. The molecule has 0 aliphatic carbocycles. The van der Waals surface area contributed by atoms with Gasteiger partial charge in [0, 0.05) is 17.3 Å². The second kappa shape index (κ2) is 7.18. The monoisotopic (exact) mass is 350 g/mol. The molecule has 3 rings (SSSR count). The number of amides is 1. The summed E-state index contributed by atoms with van der Waals surface area (Å²) in [5.41, 5.74) is 2.96. The maximum Gasteiger partial charge on any atom is 0.274 e. The quantitative estimate of drug-likeness (QED) is 0.558. The molecule has 1 amide bonds. The van der Waals surface area contributed by atoms with Crippen LogP contribution in [0.5, 0.6) is 0 Å². The van der Waals surface area contributed by atoms with Crippen LogP contribution in [0.25, 0.3) is 5.69 Å². The maximum absolute atomic E-state index is 12.6. The van der Waals surface area contributed by atoms with Gasteiger partial charge in [-0.15, -0.1) is 0 Å². The third-order valence-corrected chi connectivity index (χ3v) is 4.18. The van der Waals surface area contributed by atoms with Crippen molar-refractivity contribution < 1.29 is 9.72 Å². The van der Waals surface area contributed by atoms with Crippen LogP contribution in [0.4, 0.5) is 11.4 Å². The van der Waals surface area contributed by atoms with Crippen LogP contribution >= 0.6 is 0 Å². The fourth-order valence-electron chi connectivity index (χ4n) is 2.77. The third-order valence-electron chi connectivity index (χ3n) is 4.18. The molecule has 26 heavy (non-hydrogen) atoms. The zero-order valence-electron chi connectivity index (χ0n) is 14.5. The standard InChI is InChI=1S/C19H18N4O3/c1-3-14-9-10-15(11-18(14)23(25)26)21-19(24)17-12-20-22(13(17)2)16-7-5-4-6-8-16/h4-12H,3H2,1-2H3,(H,21,24). The molecule has 0 fully saturated rings. The highest BCUT2D eigenvalue weighted by atomic mass is 16.6. The van der Waals surface area contributed by atoms with Crippen molar-refractivity contribution in [2.24, 2.45) is 0 Å². The van der Waals surface area contributed by atoms with Gasteiger partial charge < -0.3 is 5.32 Å². The van der Waals surface area contributed by atoms with E-state index in [1.807, 2.05) is 37.3 Å². The minimum atomic E-state index is -0.437. The summed E-state index contributed by atoms with van der Waals surface area (Å²) in [6.45, 7) is 3.65. The van der Waals surface area contributed by atoms with E-state index in [2.05, 4.69) is 10.4 Å². The van der Waals surface area contributed by atoms with E-state index in [1.165, 1.54) is 12.3 Å². The van der Waals surface area contributed by atoms with Crippen molar-refractivity contribution >= 4 is 17.3 Å². The number of para-hydroxylation sites is 1. The normalized spacial score (nSPS) is 10.5. The smallest absolute Gasteiger partial charge is 0.274 e. The van der Waals surface area contributed by atoms with Crippen LogP contribution in [0.1, 0.15) is 28.5 Å². The first-order valence-corrected chi connectivity index (χ1v) is 8.20. The first-order chi connectivity index (χ1) is 12.5. The molecule has 7 heteroatoms. The minimum absolute atomic E-state index is 0.00185. The molecule has 7 nitrogen and oxygen atoms in total. The van der Waals surface area contributed by atoms with E-state index < -0.39 is 4.92 Å².